The number of piperazine rings is 1. The molecule has 1 saturated heterocycles. The second-order valence-electron chi connectivity index (χ2n) is 3.73. The average Bonchev–Trinajstić information content (AvgIpc) is 2.33. The quantitative estimate of drug-likeness (QED) is 0.885. The third-order valence-corrected chi connectivity index (χ3v) is 4.50. The summed E-state index contributed by atoms with van der Waals surface area (Å²) in [4.78, 5) is -0.210. The van der Waals surface area contributed by atoms with Crippen LogP contribution in [0.3, 0.4) is 0 Å². The molecule has 1 aliphatic heterocycles. The van der Waals surface area contributed by atoms with Crippen LogP contribution in [-0.4, -0.2) is 38.9 Å². The van der Waals surface area contributed by atoms with Gasteiger partial charge in [0.2, 0.25) is 10.0 Å². The predicted octanol–water partition coefficient (Wildman–Crippen LogP) is 0.981. The monoisotopic (exact) mass is 298 g/mol. The van der Waals surface area contributed by atoms with Crippen molar-refractivity contribution >= 4 is 22.4 Å². The highest BCUT2D eigenvalue weighted by atomic mass is 35.5. The largest absolute Gasteiger partial charge is 0.314 e. The lowest BCUT2D eigenvalue weighted by molar-refractivity contribution is 0.360. The van der Waals surface area contributed by atoms with Crippen molar-refractivity contribution in [2.45, 2.75) is 4.90 Å². The first-order valence-corrected chi connectivity index (χ1v) is 6.62. The zero-order chi connectivity index (χ0) is 12.5. The summed E-state index contributed by atoms with van der Waals surface area (Å²) < 4.78 is 51.1. The van der Waals surface area contributed by atoms with E-state index in [1.165, 1.54) is 4.31 Å². The Balaban J connectivity index is 0.00000162. The first kappa shape index (κ1) is 15.3. The molecular formula is C10H13ClF2N2O2S. The summed E-state index contributed by atoms with van der Waals surface area (Å²) in [7, 11) is -3.71. The smallest absolute Gasteiger partial charge is 0.243 e. The Morgan fingerprint density at radius 2 is 1.72 bits per heavy atom. The van der Waals surface area contributed by atoms with Crippen molar-refractivity contribution in [2.75, 3.05) is 26.2 Å². The van der Waals surface area contributed by atoms with Gasteiger partial charge in [-0.1, -0.05) is 0 Å². The molecule has 1 aliphatic rings. The lowest BCUT2D eigenvalue weighted by atomic mass is 10.3. The van der Waals surface area contributed by atoms with Crippen molar-refractivity contribution in [2.24, 2.45) is 0 Å². The van der Waals surface area contributed by atoms with Gasteiger partial charge >= 0.3 is 0 Å². The second-order valence-corrected chi connectivity index (χ2v) is 5.67. The van der Waals surface area contributed by atoms with E-state index in [-0.39, 0.29) is 17.3 Å². The topological polar surface area (TPSA) is 49.4 Å². The molecule has 1 N–H and O–H groups in total. The van der Waals surface area contributed by atoms with Crippen LogP contribution in [0.2, 0.25) is 0 Å². The fourth-order valence-electron chi connectivity index (χ4n) is 1.67. The van der Waals surface area contributed by atoms with E-state index < -0.39 is 21.7 Å². The van der Waals surface area contributed by atoms with Crippen LogP contribution in [0.5, 0.6) is 0 Å². The van der Waals surface area contributed by atoms with Gasteiger partial charge in [0, 0.05) is 26.2 Å². The summed E-state index contributed by atoms with van der Waals surface area (Å²) in [6.45, 7) is 1.79. The van der Waals surface area contributed by atoms with Gasteiger partial charge in [-0.25, -0.2) is 17.2 Å². The molecule has 0 atom stereocenters. The van der Waals surface area contributed by atoms with Crippen LogP contribution < -0.4 is 5.32 Å². The molecule has 0 bridgehead atoms. The third-order valence-electron chi connectivity index (χ3n) is 2.60. The van der Waals surface area contributed by atoms with Gasteiger partial charge in [-0.3, -0.25) is 0 Å². The molecule has 0 aromatic heterocycles. The highest BCUT2D eigenvalue weighted by Crippen LogP contribution is 2.18. The zero-order valence-corrected chi connectivity index (χ0v) is 11.0. The molecule has 1 fully saturated rings. The molecule has 8 heteroatoms. The highest BCUT2D eigenvalue weighted by molar-refractivity contribution is 7.89. The minimum atomic E-state index is -3.71. The first-order chi connectivity index (χ1) is 8.01. The lowest BCUT2D eigenvalue weighted by Gasteiger charge is -2.26. The number of nitrogens with zero attached hydrogens (tertiary/aromatic N) is 1. The number of hydrogen-bond donors (Lipinski definition) is 1. The van der Waals surface area contributed by atoms with Crippen LogP contribution in [0.25, 0.3) is 0 Å². The predicted molar refractivity (Wildman–Crippen MR) is 65.2 cm³/mol. The van der Waals surface area contributed by atoms with E-state index in [2.05, 4.69) is 5.32 Å². The maximum absolute atomic E-state index is 13.0. The molecule has 0 saturated carbocycles. The van der Waals surface area contributed by atoms with Crippen molar-refractivity contribution in [3.05, 3.63) is 29.8 Å². The van der Waals surface area contributed by atoms with E-state index in [0.717, 1.165) is 12.1 Å². The van der Waals surface area contributed by atoms with Crippen molar-refractivity contribution in [3.8, 4) is 0 Å². The summed E-state index contributed by atoms with van der Waals surface area (Å²) in [6, 6.07) is 2.62. The Bertz CT molecular complexity index is 519. The Hall–Kier alpha value is -0.760. The maximum atomic E-state index is 13.0. The van der Waals surface area contributed by atoms with E-state index >= 15 is 0 Å². The van der Waals surface area contributed by atoms with E-state index in [1.807, 2.05) is 0 Å². The van der Waals surface area contributed by atoms with Crippen LogP contribution in [0.1, 0.15) is 0 Å². The molecule has 18 heavy (non-hydrogen) atoms. The van der Waals surface area contributed by atoms with Gasteiger partial charge in [0.05, 0.1) is 4.90 Å². The number of halogens is 3. The molecule has 4 nitrogen and oxygen atoms in total. The third kappa shape index (κ3) is 2.97. The molecule has 1 heterocycles. The summed E-state index contributed by atoms with van der Waals surface area (Å²) in [6.07, 6.45) is 0. The first-order valence-electron chi connectivity index (χ1n) is 5.18. The number of rotatable bonds is 2. The molecular weight excluding hydrogens is 286 g/mol. The van der Waals surface area contributed by atoms with Crippen LogP contribution in [-0.2, 0) is 10.0 Å². The summed E-state index contributed by atoms with van der Waals surface area (Å²) >= 11 is 0. The minimum Gasteiger partial charge on any atom is -0.314 e. The van der Waals surface area contributed by atoms with E-state index in [4.69, 9.17) is 0 Å². The number of sulfonamides is 1. The Morgan fingerprint density at radius 3 is 2.28 bits per heavy atom. The molecule has 0 radical (unpaired) electrons. The zero-order valence-electron chi connectivity index (χ0n) is 9.40. The van der Waals surface area contributed by atoms with Gasteiger partial charge in [0.15, 0.2) is 11.6 Å². The molecule has 0 aliphatic carbocycles. The Morgan fingerprint density at radius 1 is 1.11 bits per heavy atom. The SMILES string of the molecule is Cl.O=S(=O)(c1ccc(F)c(F)c1)N1CCNCC1. The fourth-order valence-corrected chi connectivity index (χ4v) is 3.12. The number of nitrogens with one attached hydrogen (secondary N) is 1. The summed E-state index contributed by atoms with van der Waals surface area (Å²) in [5, 5.41) is 3.02. The normalized spacial score (nSPS) is 17.2. The van der Waals surface area contributed by atoms with Gasteiger partial charge in [-0.15, -0.1) is 12.4 Å². The Kier molecular flexibility index (Phi) is 5.03. The molecule has 1 aromatic carbocycles. The van der Waals surface area contributed by atoms with Crippen LogP contribution in [0.4, 0.5) is 8.78 Å². The van der Waals surface area contributed by atoms with Crippen LogP contribution in [0, 0.1) is 11.6 Å². The van der Waals surface area contributed by atoms with Gasteiger partial charge in [0.25, 0.3) is 0 Å². The van der Waals surface area contributed by atoms with Crippen molar-refractivity contribution < 1.29 is 17.2 Å². The Labute approximate surface area is 110 Å². The molecule has 0 amide bonds. The molecule has 0 unspecified atom stereocenters. The van der Waals surface area contributed by atoms with Crippen LogP contribution >= 0.6 is 12.4 Å². The lowest BCUT2D eigenvalue weighted by Crippen LogP contribution is -2.46. The number of benzene rings is 1. The molecule has 0 spiro atoms. The summed E-state index contributed by atoms with van der Waals surface area (Å²) in [5.74, 6) is -2.20. The molecule has 1 aromatic rings. The maximum Gasteiger partial charge on any atom is 0.243 e. The summed E-state index contributed by atoms with van der Waals surface area (Å²) in [5.41, 5.74) is 0. The fraction of sp³-hybridized carbons (Fsp3) is 0.400. The highest BCUT2D eigenvalue weighted by Gasteiger charge is 2.26. The van der Waals surface area contributed by atoms with Crippen LogP contribution in [0.15, 0.2) is 23.1 Å². The molecule has 102 valence electrons. The van der Waals surface area contributed by atoms with Gasteiger partial charge in [-0.05, 0) is 18.2 Å². The van der Waals surface area contributed by atoms with Crippen molar-refractivity contribution in [1.29, 1.82) is 0 Å². The van der Waals surface area contributed by atoms with Gasteiger partial charge in [0.1, 0.15) is 0 Å². The second kappa shape index (κ2) is 5.92. The minimum absolute atomic E-state index is 0. The average molecular weight is 299 g/mol. The van der Waals surface area contributed by atoms with E-state index in [0.29, 0.717) is 32.2 Å². The number of hydrogen-bond acceptors (Lipinski definition) is 3. The molecule has 2 rings (SSSR count). The van der Waals surface area contributed by atoms with E-state index in [1.54, 1.807) is 0 Å². The van der Waals surface area contributed by atoms with E-state index in [9.17, 15) is 17.2 Å². The van der Waals surface area contributed by atoms with Gasteiger partial charge < -0.3 is 5.32 Å². The van der Waals surface area contributed by atoms with Gasteiger partial charge in [-0.2, -0.15) is 4.31 Å². The van der Waals surface area contributed by atoms with Crippen molar-refractivity contribution in [3.63, 3.8) is 0 Å². The van der Waals surface area contributed by atoms with Crippen molar-refractivity contribution in [1.82, 2.24) is 9.62 Å². The standard InChI is InChI=1S/C10H12F2N2O2S.ClH/c11-9-2-1-8(7-10(9)12)17(15,16)14-5-3-13-4-6-14;/h1-2,7,13H,3-6H2;1H.